The van der Waals surface area contributed by atoms with E-state index in [1.165, 1.54) is 5.57 Å². The predicted molar refractivity (Wildman–Crippen MR) is 57.9 cm³/mol. The lowest BCUT2D eigenvalue weighted by molar-refractivity contribution is 0.287. The minimum absolute atomic E-state index is 0.197. The zero-order chi connectivity index (χ0) is 10.2. The van der Waals surface area contributed by atoms with Crippen molar-refractivity contribution in [1.82, 2.24) is 0 Å². The van der Waals surface area contributed by atoms with Gasteiger partial charge in [0.25, 0.3) is 0 Å². The second-order valence-corrected chi connectivity index (χ2v) is 3.41. The van der Waals surface area contributed by atoms with Gasteiger partial charge in [-0.05, 0) is 19.3 Å². The monoisotopic (exact) mass is 194 g/mol. The average Bonchev–Trinajstić information content (AvgIpc) is 2.71. The van der Waals surface area contributed by atoms with Gasteiger partial charge in [-0.15, -0.1) is 0 Å². The van der Waals surface area contributed by atoms with Crippen molar-refractivity contribution in [2.24, 2.45) is 5.92 Å². The summed E-state index contributed by atoms with van der Waals surface area (Å²) in [6.07, 6.45) is 12.9. The standard InChI is InChI=1S/C12H18O2/c13-9-3-7-12(8-4-10-14)11-5-1-2-6-11/h1-2,5-7,11,13-14H,3-4,8-10H2. The zero-order valence-corrected chi connectivity index (χ0v) is 8.39. The van der Waals surface area contributed by atoms with Crippen LogP contribution in [-0.2, 0) is 0 Å². The van der Waals surface area contributed by atoms with Gasteiger partial charge >= 0.3 is 0 Å². The molecule has 0 aromatic heterocycles. The molecule has 0 aromatic rings. The summed E-state index contributed by atoms with van der Waals surface area (Å²) in [4.78, 5) is 0. The van der Waals surface area contributed by atoms with Crippen LogP contribution in [0, 0.1) is 5.92 Å². The van der Waals surface area contributed by atoms with Crippen molar-refractivity contribution in [3.05, 3.63) is 36.0 Å². The molecule has 0 saturated heterocycles. The van der Waals surface area contributed by atoms with Gasteiger partial charge < -0.3 is 10.2 Å². The molecule has 2 heteroatoms. The van der Waals surface area contributed by atoms with E-state index in [1.54, 1.807) is 0 Å². The second kappa shape index (κ2) is 6.57. The maximum Gasteiger partial charge on any atom is 0.0465 e. The molecule has 1 rings (SSSR count). The normalized spacial score (nSPS) is 16.9. The van der Waals surface area contributed by atoms with Gasteiger partial charge in [0, 0.05) is 19.1 Å². The third-order valence-electron chi connectivity index (χ3n) is 2.34. The summed E-state index contributed by atoms with van der Waals surface area (Å²) in [5, 5.41) is 17.5. The van der Waals surface area contributed by atoms with E-state index < -0.39 is 0 Å². The molecule has 0 aliphatic heterocycles. The molecule has 14 heavy (non-hydrogen) atoms. The first-order valence-corrected chi connectivity index (χ1v) is 5.14. The topological polar surface area (TPSA) is 40.5 Å². The Morgan fingerprint density at radius 3 is 2.43 bits per heavy atom. The van der Waals surface area contributed by atoms with Crippen molar-refractivity contribution in [2.45, 2.75) is 19.3 Å². The molecule has 0 aromatic carbocycles. The first-order valence-electron chi connectivity index (χ1n) is 5.14. The molecule has 1 aliphatic rings. The summed E-state index contributed by atoms with van der Waals surface area (Å²) in [5.74, 6) is 0.382. The van der Waals surface area contributed by atoms with Crippen LogP contribution in [0.2, 0.25) is 0 Å². The van der Waals surface area contributed by atoms with Crippen LogP contribution in [0.25, 0.3) is 0 Å². The van der Waals surface area contributed by atoms with E-state index in [-0.39, 0.29) is 13.2 Å². The Morgan fingerprint density at radius 1 is 1.14 bits per heavy atom. The highest BCUT2D eigenvalue weighted by Gasteiger charge is 2.09. The Bertz CT molecular complexity index is 227. The van der Waals surface area contributed by atoms with Crippen LogP contribution in [0.15, 0.2) is 36.0 Å². The minimum atomic E-state index is 0.197. The lowest BCUT2D eigenvalue weighted by Gasteiger charge is -2.11. The third-order valence-corrected chi connectivity index (χ3v) is 2.34. The van der Waals surface area contributed by atoms with Crippen molar-refractivity contribution in [3.63, 3.8) is 0 Å². The number of aliphatic hydroxyl groups is 2. The molecule has 0 spiro atoms. The highest BCUT2D eigenvalue weighted by molar-refractivity contribution is 5.28. The van der Waals surface area contributed by atoms with Crippen LogP contribution in [0.3, 0.4) is 0 Å². The van der Waals surface area contributed by atoms with Crippen molar-refractivity contribution < 1.29 is 10.2 Å². The molecular weight excluding hydrogens is 176 g/mol. The molecule has 2 N–H and O–H groups in total. The fourth-order valence-electron chi connectivity index (χ4n) is 1.62. The van der Waals surface area contributed by atoms with E-state index in [4.69, 9.17) is 10.2 Å². The average molecular weight is 194 g/mol. The summed E-state index contributed by atoms with van der Waals surface area (Å²) >= 11 is 0. The van der Waals surface area contributed by atoms with Gasteiger partial charge in [-0.3, -0.25) is 0 Å². The van der Waals surface area contributed by atoms with Crippen LogP contribution in [0.4, 0.5) is 0 Å². The van der Waals surface area contributed by atoms with E-state index >= 15 is 0 Å². The number of aliphatic hydroxyl groups excluding tert-OH is 2. The Kier molecular flexibility index (Phi) is 5.27. The van der Waals surface area contributed by atoms with Gasteiger partial charge in [-0.2, -0.15) is 0 Å². The molecule has 78 valence electrons. The molecule has 0 saturated carbocycles. The highest BCUT2D eigenvalue weighted by atomic mass is 16.3. The van der Waals surface area contributed by atoms with Crippen LogP contribution >= 0.6 is 0 Å². The SMILES string of the molecule is OCCC=C(CCCO)C1C=CC=C1. The van der Waals surface area contributed by atoms with Crippen molar-refractivity contribution in [3.8, 4) is 0 Å². The van der Waals surface area contributed by atoms with Crippen molar-refractivity contribution in [2.75, 3.05) is 13.2 Å². The summed E-state index contributed by atoms with van der Waals surface area (Å²) in [7, 11) is 0. The molecule has 0 bridgehead atoms. The van der Waals surface area contributed by atoms with E-state index in [1.807, 2.05) is 12.2 Å². The fourth-order valence-corrected chi connectivity index (χ4v) is 1.62. The maximum absolute atomic E-state index is 8.77. The minimum Gasteiger partial charge on any atom is -0.396 e. The highest BCUT2D eigenvalue weighted by Crippen LogP contribution is 2.23. The van der Waals surface area contributed by atoms with Crippen molar-refractivity contribution >= 4 is 0 Å². The van der Waals surface area contributed by atoms with Gasteiger partial charge in [-0.1, -0.05) is 36.0 Å². The van der Waals surface area contributed by atoms with Gasteiger partial charge in [0.05, 0.1) is 0 Å². The fraction of sp³-hybridized carbons (Fsp3) is 0.500. The summed E-state index contributed by atoms with van der Waals surface area (Å²) in [5.41, 5.74) is 1.30. The van der Waals surface area contributed by atoms with Crippen LogP contribution < -0.4 is 0 Å². The predicted octanol–water partition coefficient (Wildman–Crippen LogP) is 1.81. The first-order chi connectivity index (χ1) is 6.88. The molecule has 0 unspecified atom stereocenters. The van der Waals surface area contributed by atoms with E-state index in [9.17, 15) is 0 Å². The molecule has 1 aliphatic carbocycles. The number of hydrogen-bond donors (Lipinski definition) is 2. The molecule has 0 fully saturated rings. The molecule has 0 heterocycles. The first kappa shape index (κ1) is 11.2. The molecular formula is C12H18O2. The smallest absolute Gasteiger partial charge is 0.0465 e. The molecule has 0 radical (unpaired) electrons. The molecule has 2 nitrogen and oxygen atoms in total. The quantitative estimate of drug-likeness (QED) is 0.633. The van der Waals surface area contributed by atoms with E-state index in [0.29, 0.717) is 12.3 Å². The number of rotatable bonds is 6. The van der Waals surface area contributed by atoms with Gasteiger partial charge in [0.1, 0.15) is 0 Å². The number of hydrogen-bond acceptors (Lipinski definition) is 2. The third kappa shape index (κ3) is 3.48. The summed E-state index contributed by atoms with van der Waals surface area (Å²) < 4.78 is 0. The van der Waals surface area contributed by atoms with Gasteiger partial charge in [-0.25, -0.2) is 0 Å². The Labute approximate surface area is 85.3 Å². The number of allylic oxidation sites excluding steroid dienone is 5. The lowest BCUT2D eigenvalue weighted by atomic mass is 9.95. The Balaban J connectivity index is 2.51. The molecule has 0 amide bonds. The van der Waals surface area contributed by atoms with E-state index in [2.05, 4.69) is 18.2 Å². The van der Waals surface area contributed by atoms with Crippen LogP contribution in [-0.4, -0.2) is 23.4 Å². The zero-order valence-electron chi connectivity index (χ0n) is 8.39. The Morgan fingerprint density at radius 2 is 1.86 bits per heavy atom. The van der Waals surface area contributed by atoms with Gasteiger partial charge in [0.2, 0.25) is 0 Å². The maximum atomic E-state index is 8.77. The Hall–Kier alpha value is -0.860. The van der Waals surface area contributed by atoms with Crippen LogP contribution in [0.1, 0.15) is 19.3 Å². The lowest BCUT2D eigenvalue weighted by Crippen LogP contribution is -1.98. The molecule has 0 atom stereocenters. The summed E-state index contributed by atoms with van der Waals surface area (Å²) in [6.45, 7) is 0.430. The summed E-state index contributed by atoms with van der Waals surface area (Å²) in [6, 6.07) is 0. The van der Waals surface area contributed by atoms with Crippen LogP contribution in [0.5, 0.6) is 0 Å². The van der Waals surface area contributed by atoms with E-state index in [0.717, 1.165) is 12.8 Å². The second-order valence-electron chi connectivity index (χ2n) is 3.41. The largest absolute Gasteiger partial charge is 0.396 e. The van der Waals surface area contributed by atoms with Crippen molar-refractivity contribution in [1.29, 1.82) is 0 Å². The van der Waals surface area contributed by atoms with Gasteiger partial charge in [0.15, 0.2) is 0 Å².